The predicted octanol–water partition coefficient (Wildman–Crippen LogP) is 1.28. The molecule has 5 nitrogen and oxygen atoms in total. The molecular formula is C11H16F3NO4. The molecular weight excluding hydrogens is 267 g/mol. The Hall–Kier alpha value is -1.31. The van der Waals surface area contributed by atoms with Crippen LogP contribution in [0.15, 0.2) is 0 Å². The SMILES string of the molecule is CCN(C(=O)CCC(F)(F)F)C1COCC1C(=O)O. The lowest BCUT2D eigenvalue weighted by atomic mass is 10.0. The van der Waals surface area contributed by atoms with Crippen molar-refractivity contribution in [2.24, 2.45) is 5.92 Å². The zero-order valence-electron chi connectivity index (χ0n) is 10.4. The number of carboxylic acid groups (broad SMARTS) is 1. The van der Waals surface area contributed by atoms with Crippen LogP contribution in [-0.4, -0.2) is 53.9 Å². The molecule has 1 heterocycles. The van der Waals surface area contributed by atoms with E-state index in [4.69, 9.17) is 9.84 Å². The number of carbonyl (C=O) groups is 2. The summed E-state index contributed by atoms with van der Waals surface area (Å²) in [6.07, 6.45) is -6.26. The minimum Gasteiger partial charge on any atom is -0.481 e. The highest BCUT2D eigenvalue weighted by Gasteiger charge is 2.40. The third-order valence-corrected chi connectivity index (χ3v) is 3.05. The number of carboxylic acids is 1. The Morgan fingerprint density at radius 1 is 1.37 bits per heavy atom. The van der Waals surface area contributed by atoms with Gasteiger partial charge < -0.3 is 14.7 Å². The molecule has 110 valence electrons. The third-order valence-electron chi connectivity index (χ3n) is 3.05. The first kappa shape index (κ1) is 15.7. The van der Waals surface area contributed by atoms with Crippen molar-refractivity contribution in [2.45, 2.75) is 32.0 Å². The first-order valence-electron chi connectivity index (χ1n) is 5.93. The molecule has 0 aromatic rings. The molecule has 1 rings (SSSR count). The van der Waals surface area contributed by atoms with Crippen molar-refractivity contribution in [1.82, 2.24) is 4.90 Å². The molecule has 1 N–H and O–H groups in total. The lowest BCUT2D eigenvalue weighted by molar-refractivity contribution is -0.152. The quantitative estimate of drug-likeness (QED) is 0.825. The van der Waals surface area contributed by atoms with Crippen molar-refractivity contribution in [1.29, 1.82) is 0 Å². The molecule has 0 aromatic carbocycles. The minimum atomic E-state index is -4.40. The van der Waals surface area contributed by atoms with Crippen molar-refractivity contribution in [3.8, 4) is 0 Å². The first-order chi connectivity index (χ1) is 8.76. The van der Waals surface area contributed by atoms with Crippen molar-refractivity contribution in [2.75, 3.05) is 19.8 Å². The van der Waals surface area contributed by atoms with Crippen LogP contribution >= 0.6 is 0 Å². The van der Waals surface area contributed by atoms with Crippen LogP contribution in [0.3, 0.4) is 0 Å². The number of amides is 1. The molecule has 0 radical (unpaired) electrons. The molecule has 0 saturated carbocycles. The third kappa shape index (κ3) is 4.38. The molecule has 1 aliphatic rings. The Balaban J connectivity index is 2.66. The smallest absolute Gasteiger partial charge is 0.389 e. The monoisotopic (exact) mass is 283 g/mol. The summed E-state index contributed by atoms with van der Waals surface area (Å²) in [5.41, 5.74) is 0. The summed E-state index contributed by atoms with van der Waals surface area (Å²) in [5, 5.41) is 8.97. The van der Waals surface area contributed by atoms with Crippen LogP contribution in [0.1, 0.15) is 19.8 Å². The van der Waals surface area contributed by atoms with E-state index in [0.29, 0.717) is 0 Å². The number of ether oxygens (including phenoxy) is 1. The summed E-state index contributed by atoms with van der Waals surface area (Å²) in [4.78, 5) is 23.9. The number of alkyl halides is 3. The highest BCUT2D eigenvalue weighted by molar-refractivity contribution is 5.78. The molecule has 1 amide bonds. The standard InChI is InChI=1S/C11H16F3NO4/c1-2-15(9(16)3-4-11(12,13)14)8-6-19-5-7(8)10(17)18/h7-8H,2-6H2,1H3,(H,17,18). The molecule has 2 unspecified atom stereocenters. The van der Waals surface area contributed by atoms with E-state index >= 15 is 0 Å². The Kier molecular flexibility index (Phi) is 5.16. The Labute approximate surface area is 108 Å². The maximum Gasteiger partial charge on any atom is 0.389 e. The fourth-order valence-corrected chi connectivity index (χ4v) is 2.07. The first-order valence-corrected chi connectivity index (χ1v) is 5.93. The van der Waals surface area contributed by atoms with Gasteiger partial charge in [0.15, 0.2) is 0 Å². The van der Waals surface area contributed by atoms with Crippen molar-refractivity contribution < 1.29 is 32.6 Å². The summed E-state index contributed by atoms with van der Waals surface area (Å²) in [6, 6.07) is -0.691. The van der Waals surface area contributed by atoms with Crippen LogP contribution in [-0.2, 0) is 14.3 Å². The Morgan fingerprint density at radius 2 is 2.00 bits per heavy atom. The second-order valence-electron chi connectivity index (χ2n) is 4.34. The zero-order valence-corrected chi connectivity index (χ0v) is 10.4. The second kappa shape index (κ2) is 6.23. The number of aliphatic carboxylic acids is 1. The van der Waals surface area contributed by atoms with Gasteiger partial charge in [-0.3, -0.25) is 9.59 Å². The van der Waals surface area contributed by atoms with Crippen LogP contribution in [0.25, 0.3) is 0 Å². The van der Waals surface area contributed by atoms with Crippen LogP contribution in [0.2, 0.25) is 0 Å². The van der Waals surface area contributed by atoms with Gasteiger partial charge in [-0.1, -0.05) is 0 Å². The number of hydrogen-bond donors (Lipinski definition) is 1. The van der Waals surface area contributed by atoms with E-state index in [1.165, 1.54) is 0 Å². The van der Waals surface area contributed by atoms with Gasteiger partial charge in [0.25, 0.3) is 0 Å². The van der Waals surface area contributed by atoms with Gasteiger partial charge in [-0.05, 0) is 6.92 Å². The van der Waals surface area contributed by atoms with Gasteiger partial charge in [0.2, 0.25) is 5.91 Å². The fourth-order valence-electron chi connectivity index (χ4n) is 2.07. The highest BCUT2D eigenvalue weighted by Crippen LogP contribution is 2.24. The molecule has 1 saturated heterocycles. The zero-order chi connectivity index (χ0) is 14.6. The van der Waals surface area contributed by atoms with Crippen LogP contribution in [0.5, 0.6) is 0 Å². The number of rotatable bonds is 5. The molecule has 2 atom stereocenters. The maximum atomic E-state index is 12.1. The predicted molar refractivity (Wildman–Crippen MR) is 58.4 cm³/mol. The summed E-state index contributed by atoms with van der Waals surface area (Å²) >= 11 is 0. The van der Waals surface area contributed by atoms with E-state index in [1.54, 1.807) is 6.92 Å². The molecule has 0 spiro atoms. The number of nitrogens with zero attached hydrogens (tertiary/aromatic N) is 1. The van der Waals surface area contributed by atoms with Gasteiger partial charge >= 0.3 is 12.1 Å². The maximum absolute atomic E-state index is 12.1. The van der Waals surface area contributed by atoms with E-state index in [9.17, 15) is 22.8 Å². The number of hydrogen-bond acceptors (Lipinski definition) is 3. The van der Waals surface area contributed by atoms with Gasteiger partial charge in [0, 0.05) is 13.0 Å². The van der Waals surface area contributed by atoms with Gasteiger partial charge in [0.1, 0.15) is 5.92 Å². The van der Waals surface area contributed by atoms with Crippen LogP contribution < -0.4 is 0 Å². The topological polar surface area (TPSA) is 66.8 Å². The molecule has 8 heteroatoms. The van der Waals surface area contributed by atoms with Crippen LogP contribution in [0.4, 0.5) is 13.2 Å². The number of halogens is 3. The number of carbonyl (C=O) groups excluding carboxylic acids is 1. The van der Waals surface area contributed by atoms with Gasteiger partial charge in [-0.2, -0.15) is 13.2 Å². The van der Waals surface area contributed by atoms with E-state index < -0.39 is 42.9 Å². The summed E-state index contributed by atoms with van der Waals surface area (Å²) in [5.74, 6) is -2.68. The molecule has 0 bridgehead atoms. The largest absolute Gasteiger partial charge is 0.481 e. The Bertz CT molecular complexity index is 345. The van der Waals surface area contributed by atoms with Crippen molar-refractivity contribution in [3.63, 3.8) is 0 Å². The van der Waals surface area contributed by atoms with E-state index in [-0.39, 0.29) is 19.8 Å². The van der Waals surface area contributed by atoms with Crippen molar-refractivity contribution in [3.05, 3.63) is 0 Å². The second-order valence-corrected chi connectivity index (χ2v) is 4.34. The van der Waals surface area contributed by atoms with Gasteiger partial charge in [0.05, 0.1) is 25.7 Å². The normalized spacial score (nSPS) is 23.4. The van der Waals surface area contributed by atoms with Crippen LogP contribution in [0, 0.1) is 5.92 Å². The lowest BCUT2D eigenvalue weighted by Crippen LogP contribution is -2.46. The average Bonchev–Trinajstić information content (AvgIpc) is 2.75. The molecule has 0 aliphatic carbocycles. The highest BCUT2D eigenvalue weighted by atomic mass is 19.4. The van der Waals surface area contributed by atoms with E-state index in [1.807, 2.05) is 0 Å². The lowest BCUT2D eigenvalue weighted by Gasteiger charge is -2.29. The van der Waals surface area contributed by atoms with Crippen molar-refractivity contribution >= 4 is 11.9 Å². The minimum absolute atomic E-state index is 0.0248. The average molecular weight is 283 g/mol. The molecule has 19 heavy (non-hydrogen) atoms. The Morgan fingerprint density at radius 3 is 2.47 bits per heavy atom. The van der Waals surface area contributed by atoms with E-state index in [0.717, 1.165) is 4.90 Å². The summed E-state index contributed by atoms with van der Waals surface area (Å²) in [6.45, 7) is 1.78. The van der Waals surface area contributed by atoms with Gasteiger partial charge in [-0.25, -0.2) is 0 Å². The number of likely N-dealkylation sites (N-methyl/N-ethyl adjacent to an activating group) is 1. The fraction of sp³-hybridized carbons (Fsp3) is 0.818. The molecule has 1 fully saturated rings. The summed E-state index contributed by atoms with van der Waals surface area (Å²) < 4.78 is 41.2. The molecule has 0 aromatic heterocycles. The van der Waals surface area contributed by atoms with Gasteiger partial charge in [-0.15, -0.1) is 0 Å². The van der Waals surface area contributed by atoms with E-state index in [2.05, 4.69) is 0 Å². The molecule has 1 aliphatic heterocycles. The summed E-state index contributed by atoms with van der Waals surface area (Å²) in [7, 11) is 0.